The molecule has 2 fully saturated rings. The predicted octanol–water partition coefficient (Wildman–Crippen LogP) is 2.48. The van der Waals surface area contributed by atoms with Crippen molar-refractivity contribution in [1.29, 1.82) is 0 Å². The number of amides is 1. The number of alkyl halides is 1. The lowest BCUT2D eigenvalue weighted by molar-refractivity contribution is -0.129. The van der Waals surface area contributed by atoms with Crippen molar-refractivity contribution in [3.63, 3.8) is 0 Å². The Labute approximate surface area is 112 Å². The summed E-state index contributed by atoms with van der Waals surface area (Å²) in [5.74, 6) is 0.273. The lowest BCUT2D eigenvalue weighted by atomic mass is 9.88. The van der Waals surface area contributed by atoms with Crippen LogP contribution in [0, 0.1) is 11.3 Å². The number of halogens is 1. The Kier molecular flexibility index (Phi) is 4.86. The molecule has 0 aromatic rings. The highest BCUT2D eigenvalue weighted by atomic mass is 79.9. The van der Waals surface area contributed by atoms with E-state index in [-0.39, 0.29) is 11.8 Å². The highest BCUT2D eigenvalue weighted by Gasteiger charge is 2.33. The molecule has 0 radical (unpaired) electrons. The highest BCUT2D eigenvalue weighted by molar-refractivity contribution is 9.09. The average molecular weight is 304 g/mol. The van der Waals surface area contributed by atoms with E-state index in [0.717, 1.165) is 31.3 Å². The smallest absolute Gasteiger partial charge is 0.225 e. The van der Waals surface area contributed by atoms with Crippen molar-refractivity contribution in [2.45, 2.75) is 38.5 Å². The fraction of sp³-hybridized carbons (Fsp3) is 0.923. The van der Waals surface area contributed by atoms with Crippen LogP contribution >= 0.6 is 15.9 Å². The molecule has 0 aromatic heterocycles. The van der Waals surface area contributed by atoms with Gasteiger partial charge in [0.15, 0.2) is 0 Å². The number of ether oxygens (including phenoxy) is 1. The van der Waals surface area contributed by atoms with Crippen LogP contribution in [0.2, 0.25) is 0 Å². The molecule has 1 saturated heterocycles. The first-order valence-electron chi connectivity index (χ1n) is 6.67. The first-order valence-corrected chi connectivity index (χ1v) is 7.79. The normalized spacial score (nSPS) is 27.9. The van der Waals surface area contributed by atoms with Crippen LogP contribution in [-0.4, -0.2) is 31.0 Å². The van der Waals surface area contributed by atoms with Crippen LogP contribution < -0.4 is 5.32 Å². The van der Waals surface area contributed by atoms with Gasteiger partial charge in [-0.25, -0.2) is 0 Å². The van der Waals surface area contributed by atoms with Crippen LogP contribution in [0.5, 0.6) is 0 Å². The Bertz CT molecular complexity index is 258. The van der Waals surface area contributed by atoms with E-state index >= 15 is 0 Å². The molecule has 1 unspecified atom stereocenters. The van der Waals surface area contributed by atoms with Gasteiger partial charge in [0.25, 0.3) is 0 Å². The van der Waals surface area contributed by atoms with E-state index in [1.807, 2.05) is 0 Å². The third-order valence-electron chi connectivity index (χ3n) is 4.12. The maximum atomic E-state index is 12.0. The van der Waals surface area contributed by atoms with Gasteiger partial charge in [0.2, 0.25) is 5.91 Å². The molecule has 1 aliphatic carbocycles. The fourth-order valence-corrected chi connectivity index (χ4v) is 3.61. The third-order valence-corrected chi connectivity index (χ3v) is 5.31. The van der Waals surface area contributed by atoms with Crippen molar-refractivity contribution >= 4 is 21.8 Å². The molecular formula is C13H22BrNO2. The van der Waals surface area contributed by atoms with Crippen molar-refractivity contribution in [2.24, 2.45) is 11.3 Å². The van der Waals surface area contributed by atoms with E-state index in [1.165, 1.54) is 25.7 Å². The maximum absolute atomic E-state index is 12.0. The first kappa shape index (κ1) is 13.3. The minimum atomic E-state index is 0.0810. The summed E-state index contributed by atoms with van der Waals surface area (Å²) in [5.41, 5.74) is 0.311. The molecule has 0 bridgehead atoms. The minimum Gasteiger partial charge on any atom is -0.381 e. The zero-order valence-electron chi connectivity index (χ0n) is 10.3. The van der Waals surface area contributed by atoms with Crippen LogP contribution in [0.4, 0.5) is 0 Å². The largest absolute Gasteiger partial charge is 0.381 e. The van der Waals surface area contributed by atoms with Crippen molar-refractivity contribution in [2.75, 3.05) is 25.1 Å². The minimum absolute atomic E-state index is 0.0810. The van der Waals surface area contributed by atoms with E-state index in [2.05, 4.69) is 21.2 Å². The Morgan fingerprint density at radius 3 is 2.71 bits per heavy atom. The van der Waals surface area contributed by atoms with Gasteiger partial charge in [-0.3, -0.25) is 4.79 Å². The van der Waals surface area contributed by atoms with Gasteiger partial charge >= 0.3 is 0 Å². The lowest BCUT2D eigenvalue weighted by Crippen LogP contribution is -2.42. The lowest BCUT2D eigenvalue weighted by Gasteiger charge is -2.28. The molecular weight excluding hydrogens is 282 g/mol. The van der Waals surface area contributed by atoms with E-state index in [4.69, 9.17) is 4.74 Å². The molecule has 1 heterocycles. The van der Waals surface area contributed by atoms with E-state index in [1.54, 1.807) is 0 Å². The number of rotatable bonds is 4. The fourth-order valence-electron chi connectivity index (χ4n) is 2.85. The summed E-state index contributed by atoms with van der Waals surface area (Å²) in [6.07, 6.45) is 7.07. The number of carbonyl (C=O) groups is 1. The van der Waals surface area contributed by atoms with Gasteiger partial charge in [0.1, 0.15) is 0 Å². The van der Waals surface area contributed by atoms with Gasteiger partial charge in [0.05, 0.1) is 12.5 Å². The molecule has 0 spiro atoms. The summed E-state index contributed by atoms with van der Waals surface area (Å²) >= 11 is 3.60. The summed E-state index contributed by atoms with van der Waals surface area (Å²) in [6.45, 7) is 2.25. The number of carbonyl (C=O) groups excluding carboxylic acids is 1. The molecule has 0 aromatic carbocycles. The summed E-state index contributed by atoms with van der Waals surface area (Å²) in [7, 11) is 0. The second-order valence-corrected chi connectivity index (χ2v) is 6.03. The van der Waals surface area contributed by atoms with Crippen LogP contribution in [0.1, 0.15) is 38.5 Å². The Balaban J connectivity index is 1.78. The van der Waals surface area contributed by atoms with Crippen LogP contribution in [0.25, 0.3) is 0 Å². The van der Waals surface area contributed by atoms with E-state index in [0.29, 0.717) is 12.0 Å². The van der Waals surface area contributed by atoms with Gasteiger partial charge in [0, 0.05) is 18.5 Å². The molecule has 98 valence electrons. The van der Waals surface area contributed by atoms with Crippen LogP contribution in [0.3, 0.4) is 0 Å². The second kappa shape index (κ2) is 6.19. The van der Waals surface area contributed by atoms with E-state index < -0.39 is 0 Å². The SMILES string of the molecule is O=C(NCC1(CBr)CCCC1)C1CCCOC1. The van der Waals surface area contributed by atoms with Crippen molar-refractivity contribution < 1.29 is 9.53 Å². The van der Waals surface area contributed by atoms with Gasteiger partial charge < -0.3 is 10.1 Å². The molecule has 1 aliphatic heterocycles. The summed E-state index contributed by atoms with van der Waals surface area (Å²) < 4.78 is 5.36. The monoisotopic (exact) mass is 303 g/mol. The van der Waals surface area contributed by atoms with Gasteiger partial charge in [-0.2, -0.15) is 0 Å². The summed E-state index contributed by atoms with van der Waals surface area (Å²) in [4.78, 5) is 12.0. The zero-order chi connectivity index (χ0) is 12.1. The quantitative estimate of drug-likeness (QED) is 0.810. The van der Waals surface area contributed by atoms with Gasteiger partial charge in [-0.1, -0.05) is 28.8 Å². The molecule has 17 heavy (non-hydrogen) atoms. The third kappa shape index (κ3) is 3.44. The molecule has 4 heteroatoms. The molecule has 1 N–H and O–H groups in total. The average Bonchev–Trinajstić information content (AvgIpc) is 2.86. The Hall–Kier alpha value is -0.0900. The molecule has 3 nitrogen and oxygen atoms in total. The maximum Gasteiger partial charge on any atom is 0.225 e. The van der Waals surface area contributed by atoms with Gasteiger partial charge in [-0.15, -0.1) is 0 Å². The summed E-state index contributed by atoms with van der Waals surface area (Å²) in [6, 6.07) is 0. The first-order chi connectivity index (χ1) is 8.26. The zero-order valence-corrected chi connectivity index (χ0v) is 11.9. The molecule has 2 aliphatic rings. The highest BCUT2D eigenvalue weighted by Crippen LogP contribution is 2.39. The van der Waals surface area contributed by atoms with Crippen LogP contribution in [-0.2, 0) is 9.53 Å². The molecule has 1 amide bonds. The van der Waals surface area contributed by atoms with Crippen molar-refractivity contribution in [1.82, 2.24) is 5.32 Å². The Morgan fingerprint density at radius 1 is 1.35 bits per heavy atom. The van der Waals surface area contributed by atoms with Crippen molar-refractivity contribution in [3.8, 4) is 0 Å². The number of hydrogen-bond acceptors (Lipinski definition) is 2. The number of nitrogens with one attached hydrogen (secondary N) is 1. The van der Waals surface area contributed by atoms with Crippen LogP contribution in [0.15, 0.2) is 0 Å². The summed E-state index contributed by atoms with van der Waals surface area (Å²) in [5, 5.41) is 4.14. The topological polar surface area (TPSA) is 38.3 Å². The number of hydrogen-bond donors (Lipinski definition) is 1. The van der Waals surface area contributed by atoms with E-state index in [9.17, 15) is 4.79 Å². The Morgan fingerprint density at radius 2 is 2.12 bits per heavy atom. The van der Waals surface area contributed by atoms with Gasteiger partial charge in [-0.05, 0) is 31.1 Å². The van der Waals surface area contributed by atoms with Crippen molar-refractivity contribution in [3.05, 3.63) is 0 Å². The molecule has 1 atom stereocenters. The standard InChI is InChI=1S/C13H22BrNO2/c14-9-13(5-1-2-6-13)10-15-12(16)11-4-3-7-17-8-11/h11H,1-10H2,(H,15,16). The predicted molar refractivity (Wildman–Crippen MR) is 71.2 cm³/mol. The second-order valence-electron chi connectivity index (χ2n) is 5.47. The molecule has 1 saturated carbocycles. The molecule has 2 rings (SSSR count).